The lowest BCUT2D eigenvalue weighted by molar-refractivity contribution is -0.689. The Bertz CT molecular complexity index is 1220. The SMILES string of the molecule is CON=C(C(=O)NC1C(=O)N2C(C(=O)[O-])=C(C[n+]3cc(C)cc(C)c3)CS[C@@H]12)c1nsc(N)n1. The number of aryl methyl sites for hydroxylation is 2. The van der Waals surface area contributed by atoms with E-state index < -0.39 is 29.2 Å². The van der Waals surface area contributed by atoms with Crippen molar-refractivity contribution in [2.24, 2.45) is 5.16 Å². The number of thioether (sulfide) groups is 1. The highest BCUT2D eigenvalue weighted by atomic mass is 32.2. The number of nitrogens with one attached hydrogen (secondary N) is 1. The van der Waals surface area contributed by atoms with E-state index in [0.717, 1.165) is 22.7 Å². The van der Waals surface area contributed by atoms with E-state index in [-0.39, 0.29) is 22.4 Å². The second-order valence-electron chi connectivity index (χ2n) is 7.74. The maximum absolute atomic E-state index is 12.9. The van der Waals surface area contributed by atoms with Gasteiger partial charge in [0.05, 0.1) is 11.7 Å². The predicted molar refractivity (Wildman–Crippen MR) is 121 cm³/mol. The first-order valence-corrected chi connectivity index (χ1v) is 11.9. The van der Waals surface area contributed by atoms with Gasteiger partial charge in [-0.2, -0.15) is 9.36 Å². The summed E-state index contributed by atoms with van der Waals surface area (Å²) < 4.78 is 5.82. The molecule has 178 valence electrons. The second-order valence-corrected chi connectivity index (χ2v) is 9.63. The van der Waals surface area contributed by atoms with Crippen molar-refractivity contribution in [2.45, 2.75) is 31.8 Å². The molecule has 34 heavy (non-hydrogen) atoms. The van der Waals surface area contributed by atoms with Gasteiger partial charge in [0, 0.05) is 34.0 Å². The highest BCUT2D eigenvalue weighted by Crippen LogP contribution is 2.40. The first-order chi connectivity index (χ1) is 16.2. The van der Waals surface area contributed by atoms with Gasteiger partial charge in [-0.1, -0.05) is 5.16 Å². The second kappa shape index (κ2) is 9.38. The molecule has 1 unspecified atom stereocenters. The Morgan fingerprint density at radius 2 is 2.09 bits per heavy atom. The molecule has 2 amide bonds. The van der Waals surface area contributed by atoms with Crippen molar-refractivity contribution < 1.29 is 28.9 Å². The topological polar surface area (TPSA) is 167 Å². The third-order valence-corrected chi connectivity index (χ3v) is 7.03. The van der Waals surface area contributed by atoms with Gasteiger partial charge in [-0.15, -0.1) is 11.8 Å². The normalized spacial score (nSPS) is 20.0. The van der Waals surface area contributed by atoms with Crippen LogP contribution in [-0.2, 0) is 25.8 Å². The molecule has 4 heterocycles. The zero-order valence-electron chi connectivity index (χ0n) is 18.5. The first-order valence-electron chi connectivity index (χ1n) is 10.1. The maximum Gasteiger partial charge on any atom is 0.278 e. The van der Waals surface area contributed by atoms with E-state index in [1.165, 1.54) is 23.8 Å². The fourth-order valence-corrected chi connectivity index (χ4v) is 5.68. The molecule has 3 N–H and O–H groups in total. The van der Waals surface area contributed by atoms with Crippen molar-refractivity contribution in [2.75, 3.05) is 18.6 Å². The summed E-state index contributed by atoms with van der Waals surface area (Å²) in [5, 5.41) is 17.8. The number of rotatable bonds is 7. The van der Waals surface area contributed by atoms with Crippen molar-refractivity contribution >= 4 is 51.9 Å². The number of hydrogen-bond donors (Lipinski definition) is 2. The number of anilines is 1. The van der Waals surface area contributed by atoms with Crippen molar-refractivity contribution in [1.29, 1.82) is 0 Å². The van der Waals surface area contributed by atoms with E-state index in [9.17, 15) is 19.5 Å². The Morgan fingerprint density at radius 3 is 2.68 bits per heavy atom. The average Bonchev–Trinajstić information content (AvgIpc) is 3.20. The Morgan fingerprint density at radius 1 is 1.38 bits per heavy atom. The van der Waals surface area contributed by atoms with Crippen molar-refractivity contribution in [3.63, 3.8) is 0 Å². The summed E-state index contributed by atoms with van der Waals surface area (Å²) in [4.78, 5) is 47.5. The van der Waals surface area contributed by atoms with Crippen LogP contribution >= 0.6 is 23.3 Å². The minimum Gasteiger partial charge on any atom is -0.543 e. The molecular weight excluding hydrogens is 482 g/mol. The number of β-lactam (4-membered cyclic amide) rings is 1. The summed E-state index contributed by atoms with van der Waals surface area (Å²) in [6.07, 6.45) is 3.81. The van der Waals surface area contributed by atoms with Gasteiger partial charge >= 0.3 is 0 Å². The molecule has 1 fully saturated rings. The van der Waals surface area contributed by atoms with Gasteiger partial charge < -0.3 is 25.8 Å². The molecule has 2 atom stereocenters. The number of pyridine rings is 1. The number of fused-ring (bicyclic) bond motifs is 1. The molecule has 2 aliphatic rings. The molecule has 12 nitrogen and oxygen atoms in total. The number of carbonyl (C=O) groups excluding carboxylic acids is 3. The van der Waals surface area contributed by atoms with Crippen LogP contribution in [-0.4, -0.2) is 62.0 Å². The van der Waals surface area contributed by atoms with Crippen LogP contribution in [0.1, 0.15) is 17.0 Å². The van der Waals surface area contributed by atoms with Gasteiger partial charge in [0.25, 0.3) is 11.8 Å². The lowest BCUT2D eigenvalue weighted by atomic mass is 10.0. The molecular formula is C20H21N7O5S2. The number of nitrogens with zero attached hydrogens (tertiary/aromatic N) is 5. The molecule has 0 radical (unpaired) electrons. The highest BCUT2D eigenvalue weighted by molar-refractivity contribution is 8.00. The van der Waals surface area contributed by atoms with Gasteiger partial charge in [-0.05, 0) is 19.9 Å². The van der Waals surface area contributed by atoms with E-state index in [1.54, 1.807) is 0 Å². The largest absolute Gasteiger partial charge is 0.543 e. The minimum atomic E-state index is -1.44. The molecule has 14 heteroatoms. The Hall–Kier alpha value is -3.52. The number of oxime groups is 1. The van der Waals surface area contributed by atoms with Gasteiger partial charge in [0.1, 0.15) is 18.5 Å². The molecule has 0 spiro atoms. The number of amides is 2. The number of nitrogens with two attached hydrogens (primary N) is 1. The molecule has 0 aliphatic carbocycles. The van der Waals surface area contributed by atoms with E-state index >= 15 is 0 Å². The lowest BCUT2D eigenvalue weighted by Gasteiger charge is -2.50. The number of carbonyl (C=O) groups is 3. The van der Waals surface area contributed by atoms with Crippen LogP contribution in [0.2, 0.25) is 0 Å². The van der Waals surface area contributed by atoms with E-state index in [2.05, 4.69) is 19.8 Å². The third kappa shape index (κ3) is 4.46. The Kier molecular flexibility index (Phi) is 6.52. The Balaban J connectivity index is 1.55. The zero-order valence-corrected chi connectivity index (χ0v) is 20.1. The highest BCUT2D eigenvalue weighted by Gasteiger charge is 2.53. The average molecular weight is 504 g/mol. The van der Waals surface area contributed by atoms with E-state index in [1.807, 2.05) is 36.9 Å². The smallest absolute Gasteiger partial charge is 0.278 e. The van der Waals surface area contributed by atoms with Gasteiger partial charge in [-0.25, -0.2) is 4.57 Å². The Labute approximate surface area is 202 Å². The number of carboxylic acid groups (broad SMARTS) is 1. The molecule has 2 aromatic rings. The van der Waals surface area contributed by atoms with Crippen LogP contribution < -0.4 is 20.7 Å². The summed E-state index contributed by atoms with van der Waals surface area (Å²) in [7, 11) is 1.25. The predicted octanol–water partition coefficient (Wildman–Crippen LogP) is -1.52. The molecule has 0 saturated carbocycles. The van der Waals surface area contributed by atoms with Crippen LogP contribution in [0.25, 0.3) is 0 Å². The molecule has 0 aromatic carbocycles. The number of aromatic nitrogens is 3. The van der Waals surface area contributed by atoms with Crippen LogP contribution in [0.5, 0.6) is 0 Å². The summed E-state index contributed by atoms with van der Waals surface area (Å²) >= 11 is 2.24. The van der Waals surface area contributed by atoms with E-state index in [4.69, 9.17) is 10.6 Å². The summed E-state index contributed by atoms with van der Waals surface area (Å²) in [6, 6.07) is 1.05. The minimum absolute atomic E-state index is 0.0372. The molecule has 2 aromatic heterocycles. The molecule has 2 aliphatic heterocycles. The summed E-state index contributed by atoms with van der Waals surface area (Å²) in [5.74, 6) is -2.42. The fraction of sp³-hybridized carbons (Fsp3) is 0.350. The number of hydrogen-bond acceptors (Lipinski definition) is 11. The van der Waals surface area contributed by atoms with Crippen molar-refractivity contribution in [3.8, 4) is 0 Å². The van der Waals surface area contributed by atoms with Crippen LogP contribution in [0.3, 0.4) is 0 Å². The quantitative estimate of drug-likeness (QED) is 0.197. The van der Waals surface area contributed by atoms with Gasteiger partial charge in [-0.3, -0.25) is 14.5 Å². The summed E-state index contributed by atoms with van der Waals surface area (Å²) in [6.45, 7) is 4.20. The maximum atomic E-state index is 12.9. The van der Waals surface area contributed by atoms with Gasteiger partial charge in [0.15, 0.2) is 24.1 Å². The first kappa shape index (κ1) is 23.6. The fourth-order valence-electron chi connectivity index (χ4n) is 3.92. The molecule has 4 rings (SSSR count). The number of aliphatic carboxylic acids is 1. The van der Waals surface area contributed by atoms with Crippen molar-refractivity contribution in [1.82, 2.24) is 19.6 Å². The van der Waals surface area contributed by atoms with E-state index in [0.29, 0.717) is 17.9 Å². The standard InChI is InChI=1S/C20H21N7O5S2/c1-9-4-10(2)6-26(5-9)7-11-8-33-18-13(17(29)27(18)14(11)19(30)31)22-16(28)12(24-32-3)15-23-20(21)34-25-15/h4-6,13,18H,7-8H2,1-3H3,(H3-,21,22,23,25,28,30,31)/t13?,18-/m0/s1. The number of nitrogen functional groups attached to an aromatic ring is 1. The van der Waals surface area contributed by atoms with Crippen LogP contribution in [0.15, 0.2) is 34.9 Å². The third-order valence-electron chi connectivity index (χ3n) is 5.15. The van der Waals surface area contributed by atoms with Crippen LogP contribution in [0.4, 0.5) is 5.13 Å². The molecule has 1 saturated heterocycles. The van der Waals surface area contributed by atoms with Gasteiger partial charge in [0.2, 0.25) is 11.5 Å². The zero-order chi connectivity index (χ0) is 24.6. The lowest BCUT2D eigenvalue weighted by Crippen LogP contribution is -2.71. The number of carboxylic acids is 1. The molecule has 0 bridgehead atoms. The van der Waals surface area contributed by atoms with Crippen LogP contribution in [0, 0.1) is 13.8 Å². The summed E-state index contributed by atoms with van der Waals surface area (Å²) in [5.41, 5.74) is 7.79. The van der Waals surface area contributed by atoms with Crippen molar-refractivity contribution in [3.05, 3.63) is 46.7 Å². The monoisotopic (exact) mass is 503 g/mol.